The van der Waals surface area contributed by atoms with Gasteiger partial charge < -0.3 is 14.4 Å². The van der Waals surface area contributed by atoms with Crippen LogP contribution in [0, 0.1) is 0 Å². The molecule has 2 rings (SSSR count). The van der Waals surface area contributed by atoms with E-state index in [0.717, 1.165) is 0 Å². The minimum absolute atomic E-state index is 0.136. The van der Waals surface area contributed by atoms with Crippen molar-refractivity contribution >= 4 is 23.5 Å². The summed E-state index contributed by atoms with van der Waals surface area (Å²) >= 11 is 5.78. The normalized spacial score (nSPS) is 18.7. The number of morpholine rings is 1. The van der Waals surface area contributed by atoms with Gasteiger partial charge >= 0.3 is 5.97 Å². The summed E-state index contributed by atoms with van der Waals surface area (Å²) in [5.74, 6) is -0.497. The number of amides is 1. The van der Waals surface area contributed by atoms with Crippen LogP contribution in [-0.2, 0) is 14.3 Å². The van der Waals surface area contributed by atoms with Crippen LogP contribution in [0.5, 0.6) is 0 Å². The van der Waals surface area contributed by atoms with E-state index in [0.29, 0.717) is 25.3 Å². The Bertz CT molecular complexity index is 509. The van der Waals surface area contributed by atoms with Crippen LogP contribution in [-0.4, -0.2) is 54.7 Å². The van der Waals surface area contributed by atoms with Gasteiger partial charge in [-0.15, -0.1) is 0 Å². The van der Waals surface area contributed by atoms with Crippen LogP contribution in [0.15, 0.2) is 18.3 Å². The molecule has 1 atom stereocenters. The zero-order valence-corrected chi connectivity index (χ0v) is 11.8. The molecule has 0 saturated carbocycles. The van der Waals surface area contributed by atoms with E-state index >= 15 is 0 Å². The van der Waals surface area contributed by atoms with Crippen LogP contribution in [0.2, 0.25) is 5.15 Å². The number of carbonyl (C=O) groups excluding carboxylic acids is 2. The highest BCUT2D eigenvalue weighted by Crippen LogP contribution is 2.14. The number of hydrogen-bond acceptors (Lipinski definition) is 5. The van der Waals surface area contributed by atoms with E-state index in [4.69, 9.17) is 16.3 Å². The maximum Gasteiger partial charge on any atom is 0.308 e. The van der Waals surface area contributed by atoms with Crippen LogP contribution in [0.25, 0.3) is 0 Å². The maximum absolute atomic E-state index is 12.3. The van der Waals surface area contributed by atoms with Crippen molar-refractivity contribution in [3.63, 3.8) is 0 Å². The van der Waals surface area contributed by atoms with Gasteiger partial charge in [0.2, 0.25) is 0 Å². The first-order chi connectivity index (χ1) is 9.60. The average molecular weight is 299 g/mol. The quantitative estimate of drug-likeness (QED) is 0.618. The molecule has 7 heteroatoms. The van der Waals surface area contributed by atoms with E-state index in [2.05, 4.69) is 9.72 Å². The molecule has 1 fully saturated rings. The molecule has 1 saturated heterocycles. The molecule has 0 radical (unpaired) electrons. The van der Waals surface area contributed by atoms with Crippen LogP contribution in [0.3, 0.4) is 0 Å². The third-order valence-corrected chi connectivity index (χ3v) is 3.23. The van der Waals surface area contributed by atoms with E-state index in [-0.39, 0.29) is 29.6 Å². The molecule has 0 N–H and O–H groups in total. The van der Waals surface area contributed by atoms with Gasteiger partial charge in [-0.1, -0.05) is 11.6 Å². The Balaban J connectivity index is 2.01. The van der Waals surface area contributed by atoms with Gasteiger partial charge in [-0.2, -0.15) is 0 Å². The van der Waals surface area contributed by atoms with Crippen molar-refractivity contribution < 1.29 is 19.1 Å². The predicted octanol–water partition coefficient (Wildman–Crippen LogP) is 1.14. The van der Waals surface area contributed by atoms with E-state index in [1.54, 1.807) is 11.0 Å². The number of hydrogen-bond donors (Lipinski definition) is 0. The Morgan fingerprint density at radius 1 is 1.60 bits per heavy atom. The highest BCUT2D eigenvalue weighted by molar-refractivity contribution is 6.29. The van der Waals surface area contributed by atoms with Gasteiger partial charge in [0, 0.05) is 24.8 Å². The monoisotopic (exact) mass is 298 g/mol. The summed E-state index contributed by atoms with van der Waals surface area (Å²) in [5, 5.41) is 0.273. The number of rotatable bonds is 3. The zero-order chi connectivity index (χ0) is 14.5. The van der Waals surface area contributed by atoms with E-state index in [1.165, 1.54) is 19.4 Å². The molecule has 1 aromatic rings. The molecule has 1 aliphatic heterocycles. The standard InChI is InChI=1S/C13H15ClN2O4/c1-19-12(17)7-10-8-16(4-5-20-10)13(18)9-2-3-15-11(14)6-9/h2-3,6,10H,4-5,7-8H2,1H3. The lowest BCUT2D eigenvalue weighted by molar-refractivity contribution is -0.145. The summed E-state index contributed by atoms with van der Waals surface area (Å²) in [7, 11) is 1.33. The van der Waals surface area contributed by atoms with Gasteiger partial charge in [0.25, 0.3) is 5.91 Å². The number of carbonyl (C=O) groups is 2. The molecule has 0 spiro atoms. The van der Waals surface area contributed by atoms with Gasteiger partial charge in [-0.05, 0) is 12.1 Å². The molecule has 20 heavy (non-hydrogen) atoms. The van der Waals surface area contributed by atoms with Crippen molar-refractivity contribution in [2.45, 2.75) is 12.5 Å². The minimum atomic E-state index is -0.351. The Labute approximate surface area is 121 Å². The average Bonchev–Trinajstić information content (AvgIpc) is 2.46. The lowest BCUT2D eigenvalue weighted by Crippen LogP contribution is -2.46. The Morgan fingerprint density at radius 3 is 3.10 bits per heavy atom. The molecule has 1 unspecified atom stereocenters. The van der Waals surface area contributed by atoms with Crippen molar-refractivity contribution in [2.24, 2.45) is 0 Å². The summed E-state index contributed by atoms with van der Waals surface area (Å²) < 4.78 is 10.1. The van der Waals surface area contributed by atoms with E-state index in [1.807, 2.05) is 0 Å². The van der Waals surface area contributed by atoms with Crippen molar-refractivity contribution in [3.8, 4) is 0 Å². The fourth-order valence-corrected chi connectivity index (χ4v) is 2.19. The molecular formula is C13H15ClN2O4. The first-order valence-electron chi connectivity index (χ1n) is 6.19. The smallest absolute Gasteiger partial charge is 0.308 e. The molecule has 0 bridgehead atoms. The molecule has 0 aromatic carbocycles. The Kier molecular flexibility index (Phi) is 4.92. The summed E-state index contributed by atoms with van der Waals surface area (Å²) in [4.78, 5) is 29.0. The third kappa shape index (κ3) is 3.68. The molecule has 108 valence electrons. The Morgan fingerprint density at radius 2 is 2.40 bits per heavy atom. The van der Waals surface area contributed by atoms with Gasteiger partial charge in [-0.3, -0.25) is 9.59 Å². The molecular weight excluding hydrogens is 284 g/mol. The number of esters is 1. The number of aromatic nitrogens is 1. The number of pyridine rings is 1. The fourth-order valence-electron chi connectivity index (χ4n) is 2.01. The first-order valence-corrected chi connectivity index (χ1v) is 6.57. The van der Waals surface area contributed by atoms with Crippen molar-refractivity contribution in [3.05, 3.63) is 29.0 Å². The second kappa shape index (κ2) is 6.67. The van der Waals surface area contributed by atoms with Gasteiger partial charge in [0.15, 0.2) is 0 Å². The lowest BCUT2D eigenvalue weighted by atomic mass is 10.1. The summed E-state index contributed by atoms with van der Waals surface area (Å²) in [6.07, 6.45) is 1.29. The SMILES string of the molecule is COC(=O)CC1CN(C(=O)c2ccnc(Cl)c2)CCO1. The second-order valence-electron chi connectivity index (χ2n) is 4.39. The third-order valence-electron chi connectivity index (χ3n) is 3.02. The highest BCUT2D eigenvalue weighted by Gasteiger charge is 2.27. The van der Waals surface area contributed by atoms with E-state index in [9.17, 15) is 9.59 Å². The van der Waals surface area contributed by atoms with Gasteiger partial charge in [0.05, 0.1) is 26.2 Å². The van der Waals surface area contributed by atoms with Gasteiger partial charge in [0.1, 0.15) is 5.15 Å². The number of methoxy groups -OCH3 is 1. The fraction of sp³-hybridized carbons (Fsp3) is 0.462. The second-order valence-corrected chi connectivity index (χ2v) is 4.78. The van der Waals surface area contributed by atoms with Gasteiger partial charge in [-0.25, -0.2) is 4.98 Å². The molecule has 2 heterocycles. The van der Waals surface area contributed by atoms with Crippen LogP contribution in [0.4, 0.5) is 0 Å². The lowest BCUT2D eigenvalue weighted by Gasteiger charge is -2.32. The first kappa shape index (κ1) is 14.7. The Hall–Kier alpha value is -1.66. The molecule has 1 aliphatic rings. The topological polar surface area (TPSA) is 68.7 Å². The minimum Gasteiger partial charge on any atom is -0.469 e. The number of ether oxygens (including phenoxy) is 2. The van der Waals surface area contributed by atoms with Crippen LogP contribution in [0.1, 0.15) is 16.8 Å². The zero-order valence-electron chi connectivity index (χ0n) is 11.0. The largest absolute Gasteiger partial charge is 0.469 e. The van der Waals surface area contributed by atoms with Crippen molar-refractivity contribution in [1.82, 2.24) is 9.88 Å². The molecule has 6 nitrogen and oxygen atoms in total. The van der Waals surface area contributed by atoms with Crippen molar-refractivity contribution in [2.75, 3.05) is 26.8 Å². The highest BCUT2D eigenvalue weighted by atomic mass is 35.5. The summed E-state index contributed by atoms with van der Waals surface area (Å²) in [5.41, 5.74) is 0.476. The van der Waals surface area contributed by atoms with Crippen LogP contribution < -0.4 is 0 Å². The number of nitrogens with zero attached hydrogens (tertiary/aromatic N) is 2. The predicted molar refractivity (Wildman–Crippen MR) is 71.5 cm³/mol. The summed E-state index contributed by atoms with van der Waals surface area (Å²) in [6, 6.07) is 3.13. The molecule has 1 amide bonds. The van der Waals surface area contributed by atoms with Crippen molar-refractivity contribution in [1.29, 1.82) is 0 Å². The maximum atomic E-state index is 12.3. The molecule has 1 aromatic heterocycles. The summed E-state index contributed by atoms with van der Waals surface area (Å²) in [6.45, 7) is 1.23. The number of halogens is 1. The van der Waals surface area contributed by atoms with Crippen LogP contribution >= 0.6 is 11.6 Å². The van der Waals surface area contributed by atoms with E-state index < -0.39 is 0 Å². The molecule has 0 aliphatic carbocycles.